The van der Waals surface area contributed by atoms with Gasteiger partial charge in [0.2, 0.25) is 0 Å². The summed E-state index contributed by atoms with van der Waals surface area (Å²) in [5.74, 6) is 1.53. The molecular weight excluding hydrogens is 268 g/mol. The molecule has 0 fully saturated rings. The molecule has 0 unspecified atom stereocenters. The second-order valence-electron chi connectivity index (χ2n) is 6.42. The Morgan fingerprint density at radius 3 is 2.64 bits per heavy atom. The molecule has 0 N–H and O–H groups in total. The fourth-order valence-electron chi connectivity index (χ4n) is 3.34. The summed E-state index contributed by atoms with van der Waals surface area (Å²) in [7, 11) is 0. The van der Waals surface area contributed by atoms with Crippen LogP contribution in [0.25, 0.3) is 17.1 Å². The lowest BCUT2D eigenvalue weighted by molar-refractivity contribution is 0.863. The highest BCUT2D eigenvalue weighted by atomic mass is 15.1. The summed E-state index contributed by atoms with van der Waals surface area (Å²) in [6.45, 7) is 8.92. The third kappa shape index (κ3) is 2.54. The van der Waals surface area contributed by atoms with Crippen LogP contribution >= 0.6 is 0 Å². The van der Waals surface area contributed by atoms with Gasteiger partial charge in [-0.15, -0.1) is 0 Å². The molecule has 0 amide bonds. The fraction of sp³-hybridized carbons (Fsp3) is 0.350. The van der Waals surface area contributed by atoms with Crippen LogP contribution in [0, 0.1) is 0 Å². The van der Waals surface area contributed by atoms with Crippen molar-refractivity contribution in [1.82, 2.24) is 9.55 Å². The van der Waals surface area contributed by atoms with E-state index in [0.29, 0.717) is 5.92 Å². The minimum atomic E-state index is 0.486. The highest BCUT2D eigenvalue weighted by Gasteiger charge is 2.18. The number of allylic oxidation sites excluding steroid dienone is 4. The summed E-state index contributed by atoms with van der Waals surface area (Å²) in [5, 5.41) is 0. The van der Waals surface area contributed by atoms with Gasteiger partial charge in [0, 0.05) is 23.7 Å². The number of imidazole rings is 1. The number of hydrogen-bond donors (Lipinski definition) is 0. The number of hydrogen-bond acceptors (Lipinski definition) is 1. The molecule has 0 spiro atoms. The van der Waals surface area contributed by atoms with E-state index >= 15 is 0 Å². The molecule has 1 heterocycles. The first-order chi connectivity index (χ1) is 10.6. The first-order valence-corrected chi connectivity index (χ1v) is 8.09. The normalized spacial score (nSPS) is 15.4. The highest BCUT2D eigenvalue weighted by molar-refractivity contribution is 5.74. The summed E-state index contributed by atoms with van der Waals surface area (Å²) < 4.78 is 2.27. The molecule has 0 saturated carbocycles. The molecule has 2 aromatic rings. The van der Waals surface area contributed by atoms with Crippen LogP contribution in [0.3, 0.4) is 0 Å². The van der Waals surface area contributed by atoms with Crippen LogP contribution in [0.1, 0.15) is 52.0 Å². The van der Waals surface area contributed by atoms with E-state index in [0.717, 1.165) is 18.7 Å². The van der Waals surface area contributed by atoms with Crippen LogP contribution in [-0.2, 0) is 0 Å². The molecule has 0 saturated heterocycles. The largest absolute Gasteiger partial charge is 0.300 e. The van der Waals surface area contributed by atoms with Gasteiger partial charge < -0.3 is 0 Å². The molecule has 0 atom stereocenters. The molecule has 2 heteroatoms. The van der Waals surface area contributed by atoms with Crippen molar-refractivity contribution in [1.29, 1.82) is 0 Å². The maximum absolute atomic E-state index is 4.68. The van der Waals surface area contributed by atoms with Gasteiger partial charge in [-0.3, -0.25) is 4.57 Å². The van der Waals surface area contributed by atoms with Crippen LogP contribution < -0.4 is 0 Å². The van der Waals surface area contributed by atoms with E-state index in [4.69, 9.17) is 0 Å². The van der Waals surface area contributed by atoms with E-state index in [1.165, 1.54) is 28.0 Å². The lowest BCUT2D eigenvalue weighted by Gasteiger charge is -2.21. The maximum Gasteiger partial charge on any atom is 0.144 e. The van der Waals surface area contributed by atoms with Gasteiger partial charge >= 0.3 is 0 Å². The fourth-order valence-corrected chi connectivity index (χ4v) is 3.34. The number of nitrogens with zero attached hydrogens (tertiary/aromatic N) is 2. The quantitative estimate of drug-likeness (QED) is 0.715. The lowest BCUT2D eigenvalue weighted by Crippen LogP contribution is -2.07. The molecule has 3 rings (SSSR count). The van der Waals surface area contributed by atoms with Gasteiger partial charge in [0.1, 0.15) is 5.82 Å². The average molecular weight is 292 g/mol. The third-order valence-corrected chi connectivity index (χ3v) is 4.45. The standard InChI is InChI=1S/C20H24N2/c1-14(2)17-10-5-6-11-18(17)20-21-12-13-22(20)19-15(3)8-7-9-16(19)4/h5-6,8,10-14H,7,9H2,1-4H3. The maximum atomic E-state index is 4.68. The Kier molecular flexibility index (Phi) is 4.02. The molecule has 114 valence electrons. The smallest absolute Gasteiger partial charge is 0.144 e. The third-order valence-electron chi connectivity index (χ3n) is 4.45. The second kappa shape index (κ2) is 5.96. The number of aromatic nitrogens is 2. The van der Waals surface area contributed by atoms with Gasteiger partial charge in [-0.25, -0.2) is 4.98 Å². The van der Waals surface area contributed by atoms with Crippen molar-refractivity contribution < 1.29 is 0 Å². The van der Waals surface area contributed by atoms with E-state index in [1.807, 2.05) is 6.20 Å². The van der Waals surface area contributed by atoms with E-state index < -0.39 is 0 Å². The molecule has 1 aromatic carbocycles. The summed E-state index contributed by atoms with van der Waals surface area (Å²) in [6, 6.07) is 8.61. The van der Waals surface area contributed by atoms with Crippen LogP contribution in [0.2, 0.25) is 0 Å². The first kappa shape index (κ1) is 14.8. The van der Waals surface area contributed by atoms with Crippen molar-refractivity contribution >= 4 is 5.70 Å². The van der Waals surface area contributed by atoms with Crippen molar-refractivity contribution in [2.24, 2.45) is 0 Å². The Labute approximate surface area is 133 Å². The van der Waals surface area contributed by atoms with Gasteiger partial charge in [-0.05, 0) is 49.3 Å². The molecule has 0 aliphatic heterocycles. The van der Waals surface area contributed by atoms with E-state index in [2.05, 4.69) is 73.8 Å². The number of benzene rings is 1. The lowest BCUT2D eigenvalue weighted by atomic mass is 9.95. The molecular formula is C20H24N2. The van der Waals surface area contributed by atoms with E-state index in [9.17, 15) is 0 Å². The van der Waals surface area contributed by atoms with Crippen LogP contribution in [-0.4, -0.2) is 9.55 Å². The zero-order chi connectivity index (χ0) is 15.7. The molecule has 2 nitrogen and oxygen atoms in total. The topological polar surface area (TPSA) is 17.8 Å². The van der Waals surface area contributed by atoms with Crippen LogP contribution in [0.4, 0.5) is 0 Å². The van der Waals surface area contributed by atoms with Crippen molar-refractivity contribution in [2.75, 3.05) is 0 Å². The summed E-state index contributed by atoms with van der Waals surface area (Å²) in [5.41, 5.74) is 6.70. The molecule has 1 aromatic heterocycles. The average Bonchev–Trinajstić information content (AvgIpc) is 2.96. The van der Waals surface area contributed by atoms with Crippen molar-refractivity contribution in [2.45, 2.75) is 46.5 Å². The Morgan fingerprint density at radius 1 is 1.14 bits per heavy atom. The van der Waals surface area contributed by atoms with Gasteiger partial charge in [-0.2, -0.15) is 0 Å². The Morgan fingerprint density at radius 2 is 1.91 bits per heavy atom. The molecule has 0 radical (unpaired) electrons. The minimum absolute atomic E-state index is 0.486. The molecule has 0 bridgehead atoms. The van der Waals surface area contributed by atoms with Crippen molar-refractivity contribution in [3.05, 3.63) is 59.4 Å². The summed E-state index contributed by atoms with van der Waals surface area (Å²) in [4.78, 5) is 4.68. The van der Waals surface area contributed by atoms with Gasteiger partial charge in [0.25, 0.3) is 0 Å². The van der Waals surface area contributed by atoms with Gasteiger partial charge in [-0.1, -0.05) is 44.2 Å². The minimum Gasteiger partial charge on any atom is -0.300 e. The number of rotatable bonds is 3. The molecule has 1 aliphatic carbocycles. The molecule has 1 aliphatic rings. The molecule has 22 heavy (non-hydrogen) atoms. The monoisotopic (exact) mass is 292 g/mol. The first-order valence-electron chi connectivity index (χ1n) is 8.09. The zero-order valence-electron chi connectivity index (χ0n) is 13.9. The van der Waals surface area contributed by atoms with Crippen LogP contribution in [0.5, 0.6) is 0 Å². The Bertz CT molecular complexity index is 745. The van der Waals surface area contributed by atoms with Gasteiger partial charge in [0.05, 0.1) is 0 Å². The second-order valence-corrected chi connectivity index (χ2v) is 6.42. The Balaban J connectivity index is 2.17. The summed E-state index contributed by atoms with van der Waals surface area (Å²) >= 11 is 0. The van der Waals surface area contributed by atoms with Crippen LogP contribution in [0.15, 0.2) is 53.9 Å². The Hall–Kier alpha value is -2.09. The predicted molar refractivity (Wildman–Crippen MR) is 93.6 cm³/mol. The zero-order valence-corrected chi connectivity index (χ0v) is 13.9. The summed E-state index contributed by atoms with van der Waals surface area (Å²) in [6.07, 6.45) is 8.62. The van der Waals surface area contributed by atoms with Crippen molar-refractivity contribution in [3.8, 4) is 11.4 Å². The predicted octanol–water partition coefficient (Wildman–Crippen LogP) is 5.64. The highest BCUT2D eigenvalue weighted by Crippen LogP contribution is 2.34. The SMILES string of the molecule is CC1=CCCC(C)=C1n1ccnc1-c1ccccc1C(C)C. The van der Waals surface area contributed by atoms with E-state index in [-0.39, 0.29) is 0 Å². The van der Waals surface area contributed by atoms with Crippen molar-refractivity contribution in [3.63, 3.8) is 0 Å². The van der Waals surface area contributed by atoms with Gasteiger partial charge in [0.15, 0.2) is 0 Å². The van der Waals surface area contributed by atoms with E-state index in [1.54, 1.807) is 0 Å².